The summed E-state index contributed by atoms with van der Waals surface area (Å²) in [6.45, 7) is 5.93. The van der Waals surface area contributed by atoms with Crippen molar-refractivity contribution in [1.82, 2.24) is 14.2 Å². The van der Waals surface area contributed by atoms with Gasteiger partial charge in [-0.1, -0.05) is 0 Å². The fourth-order valence-electron chi connectivity index (χ4n) is 2.95. The van der Waals surface area contributed by atoms with Crippen LogP contribution in [-0.2, 0) is 26.1 Å². The van der Waals surface area contributed by atoms with E-state index < -0.39 is 10.0 Å². The maximum absolute atomic E-state index is 12.7. The van der Waals surface area contributed by atoms with E-state index in [1.165, 1.54) is 16.4 Å². The third-order valence-electron chi connectivity index (χ3n) is 4.84. The molecule has 0 bridgehead atoms. The van der Waals surface area contributed by atoms with Gasteiger partial charge in [-0.05, 0) is 45.2 Å². The second-order valence-corrected chi connectivity index (χ2v) is 10.2. The molecule has 1 aliphatic heterocycles. The Hall–Kier alpha value is -1.85. The summed E-state index contributed by atoms with van der Waals surface area (Å²) in [6.07, 6.45) is 1.83. The molecule has 3 rings (SSSR count). The summed E-state index contributed by atoms with van der Waals surface area (Å²) < 4.78 is 32.0. The van der Waals surface area contributed by atoms with Crippen molar-refractivity contribution in [2.24, 2.45) is 0 Å². The molecule has 2 aromatic rings. The standard InChI is InChI=1S/C19H26N4O4S2/c1-14(22(3)13-17-12-20-15(2)28-17)19(24)21-16-4-6-18(7-5-16)29(25,26)23-8-10-27-11-9-23/h4-7,12,14H,8-11,13H2,1-3H3,(H,21,24)/t14-/m0/s1. The van der Waals surface area contributed by atoms with Crippen LogP contribution < -0.4 is 5.32 Å². The normalized spacial score (nSPS) is 16.7. The second kappa shape index (κ2) is 9.31. The molecule has 0 aliphatic carbocycles. The number of aromatic nitrogens is 1. The van der Waals surface area contributed by atoms with Crippen LogP contribution in [0.5, 0.6) is 0 Å². The summed E-state index contributed by atoms with van der Waals surface area (Å²) in [4.78, 5) is 20.1. The largest absolute Gasteiger partial charge is 0.379 e. The zero-order valence-electron chi connectivity index (χ0n) is 16.8. The molecule has 158 valence electrons. The smallest absolute Gasteiger partial charge is 0.243 e. The Morgan fingerprint density at radius 1 is 1.31 bits per heavy atom. The van der Waals surface area contributed by atoms with Gasteiger partial charge in [0.05, 0.1) is 29.2 Å². The van der Waals surface area contributed by atoms with Gasteiger partial charge in [-0.15, -0.1) is 11.3 Å². The third-order valence-corrected chi connectivity index (χ3v) is 7.66. The third kappa shape index (κ3) is 5.40. The molecule has 8 nitrogen and oxygen atoms in total. The Kier molecular flexibility index (Phi) is 7.01. The van der Waals surface area contributed by atoms with Crippen molar-refractivity contribution < 1.29 is 17.9 Å². The number of amides is 1. The lowest BCUT2D eigenvalue weighted by Gasteiger charge is -2.26. The number of anilines is 1. The van der Waals surface area contributed by atoms with Crippen molar-refractivity contribution in [2.45, 2.75) is 31.3 Å². The van der Waals surface area contributed by atoms with Crippen LogP contribution in [0.15, 0.2) is 35.4 Å². The Bertz CT molecular complexity index is 937. The fourth-order valence-corrected chi connectivity index (χ4v) is 5.22. The molecule has 1 aromatic carbocycles. The van der Waals surface area contributed by atoms with Gasteiger partial charge in [-0.25, -0.2) is 13.4 Å². The first-order valence-corrected chi connectivity index (χ1v) is 11.6. The molecule has 1 saturated heterocycles. The molecule has 0 unspecified atom stereocenters. The minimum absolute atomic E-state index is 0.155. The van der Waals surface area contributed by atoms with E-state index in [0.29, 0.717) is 38.5 Å². The van der Waals surface area contributed by atoms with Crippen LogP contribution in [0.2, 0.25) is 0 Å². The highest BCUT2D eigenvalue weighted by Gasteiger charge is 2.26. The van der Waals surface area contributed by atoms with Crippen molar-refractivity contribution in [1.29, 1.82) is 0 Å². The predicted molar refractivity (Wildman–Crippen MR) is 112 cm³/mol. The van der Waals surface area contributed by atoms with Crippen molar-refractivity contribution in [2.75, 3.05) is 38.7 Å². The van der Waals surface area contributed by atoms with Crippen LogP contribution >= 0.6 is 11.3 Å². The van der Waals surface area contributed by atoms with Crippen LogP contribution in [0.1, 0.15) is 16.8 Å². The number of nitrogens with zero attached hydrogens (tertiary/aromatic N) is 3. The van der Waals surface area contributed by atoms with Crippen LogP contribution in [0.4, 0.5) is 5.69 Å². The molecular weight excluding hydrogens is 412 g/mol. The molecule has 1 aromatic heterocycles. The molecular formula is C19H26N4O4S2. The van der Waals surface area contributed by atoms with Gasteiger partial charge < -0.3 is 10.1 Å². The van der Waals surface area contributed by atoms with E-state index in [0.717, 1.165) is 9.88 Å². The molecule has 0 saturated carbocycles. The molecule has 2 heterocycles. The Morgan fingerprint density at radius 2 is 1.97 bits per heavy atom. The average molecular weight is 439 g/mol. The predicted octanol–water partition coefficient (Wildman–Crippen LogP) is 1.93. The maximum atomic E-state index is 12.7. The van der Waals surface area contributed by atoms with Gasteiger partial charge in [-0.2, -0.15) is 4.31 Å². The van der Waals surface area contributed by atoms with Gasteiger partial charge in [-0.3, -0.25) is 9.69 Å². The zero-order valence-corrected chi connectivity index (χ0v) is 18.4. The summed E-state index contributed by atoms with van der Waals surface area (Å²) >= 11 is 1.61. The van der Waals surface area contributed by atoms with Gasteiger partial charge in [0.15, 0.2) is 0 Å². The molecule has 1 fully saturated rings. The van der Waals surface area contributed by atoms with Crippen LogP contribution in [0, 0.1) is 6.92 Å². The Balaban J connectivity index is 1.60. The first-order valence-electron chi connectivity index (χ1n) is 9.38. The summed E-state index contributed by atoms with van der Waals surface area (Å²) in [7, 11) is -1.66. The van der Waals surface area contributed by atoms with E-state index in [1.54, 1.807) is 23.5 Å². The Morgan fingerprint density at radius 3 is 2.55 bits per heavy atom. The van der Waals surface area contributed by atoms with E-state index >= 15 is 0 Å². The van der Waals surface area contributed by atoms with Gasteiger partial charge >= 0.3 is 0 Å². The highest BCUT2D eigenvalue weighted by atomic mass is 32.2. The zero-order chi connectivity index (χ0) is 21.0. The minimum atomic E-state index is -3.54. The van der Waals surface area contributed by atoms with Crippen molar-refractivity contribution in [3.05, 3.63) is 40.3 Å². The number of nitrogens with one attached hydrogen (secondary N) is 1. The number of thiazole rings is 1. The maximum Gasteiger partial charge on any atom is 0.243 e. The summed E-state index contributed by atoms with van der Waals surface area (Å²) in [5.41, 5.74) is 0.560. The molecule has 1 amide bonds. The topological polar surface area (TPSA) is 91.8 Å². The first kappa shape index (κ1) is 21.8. The van der Waals surface area contributed by atoms with Crippen LogP contribution in [0.25, 0.3) is 0 Å². The fraction of sp³-hybridized carbons (Fsp3) is 0.474. The van der Waals surface area contributed by atoms with Crippen molar-refractivity contribution in [3.8, 4) is 0 Å². The van der Waals surface area contributed by atoms with E-state index in [9.17, 15) is 13.2 Å². The molecule has 1 N–H and O–H groups in total. The lowest BCUT2D eigenvalue weighted by atomic mass is 10.2. The van der Waals surface area contributed by atoms with Crippen LogP contribution in [-0.4, -0.2) is 67.9 Å². The van der Waals surface area contributed by atoms with E-state index in [1.807, 2.05) is 32.0 Å². The van der Waals surface area contributed by atoms with Crippen LogP contribution in [0.3, 0.4) is 0 Å². The lowest BCUT2D eigenvalue weighted by Crippen LogP contribution is -2.40. The molecule has 0 radical (unpaired) electrons. The Labute approximate surface area is 175 Å². The quantitative estimate of drug-likeness (QED) is 0.710. The number of morpholine rings is 1. The SMILES string of the molecule is Cc1ncc(CN(C)[C@@H](C)C(=O)Nc2ccc(S(=O)(=O)N3CCOCC3)cc2)s1. The lowest BCUT2D eigenvalue weighted by molar-refractivity contribution is -0.120. The monoisotopic (exact) mass is 438 g/mol. The van der Waals surface area contributed by atoms with Crippen molar-refractivity contribution >= 4 is 33.0 Å². The van der Waals surface area contributed by atoms with E-state index in [-0.39, 0.29) is 16.8 Å². The number of hydrogen-bond acceptors (Lipinski definition) is 7. The number of hydrogen-bond donors (Lipinski definition) is 1. The average Bonchev–Trinajstić information content (AvgIpc) is 3.13. The van der Waals surface area contributed by atoms with Gasteiger partial charge in [0, 0.05) is 36.4 Å². The number of rotatable bonds is 7. The number of likely N-dealkylation sites (N-methyl/N-ethyl adjacent to an activating group) is 1. The van der Waals surface area contributed by atoms with E-state index in [2.05, 4.69) is 10.3 Å². The minimum Gasteiger partial charge on any atom is -0.379 e. The molecule has 0 spiro atoms. The number of carbonyl (C=O) groups is 1. The van der Waals surface area contributed by atoms with Gasteiger partial charge in [0.25, 0.3) is 0 Å². The highest BCUT2D eigenvalue weighted by molar-refractivity contribution is 7.89. The summed E-state index contributed by atoms with van der Waals surface area (Å²) in [6, 6.07) is 5.92. The van der Waals surface area contributed by atoms with Gasteiger partial charge in [0.2, 0.25) is 15.9 Å². The van der Waals surface area contributed by atoms with E-state index in [4.69, 9.17) is 4.74 Å². The molecule has 1 atom stereocenters. The van der Waals surface area contributed by atoms with Crippen molar-refractivity contribution in [3.63, 3.8) is 0 Å². The second-order valence-electron chi connectivity index (χ2n) is 6.97. The number of aryl methyl sites for hydroxylation is 1. The first-order chi connectivity index (χ1) is 13.8. The number of sulfonamides is 1. The summed E-state index contributed by atoms with van der Waals surface area (Å²) in [5, 5.41) is 3.85. The number of benzene rings is 1. The number of carbonyl (C=O) groups excluding carboxylic acids is 1. The highest BCUT2D eigenvalue weighted by Crippen LogP contribution is 2.20. The molecule has 29 heavy (non-hydrogen) atoms. The van der Waals surface area contributed by atoms with Gasteiger partial charge in [0.1, 0.15) is 0 Å². The molecule has 10 heteroatoms. The molecule has 1 aliphatic rings. The summed E-state index contributed by atoms with van der Waals surface area (Å²) in [5.74, 6) is -0.155. The number of ether oxygens (including phenoxy) is 1.